The van der Waals surface area contributed by atoms with Crippen LogP contribution >= 0.6 is 0 Å². The maximum absolute atomic E-state index is 12.8. The molecular weight excluding hydrogens is 196 g/mol. The third-order valence-corrected chi connectivity index (χ3v) is 2.51. The number of halogens is 2. The lowest BCUT2D eigenvalue weighted by molar-refractivity contribution is -0.169. The Morgan fingerprint density at radius 1 is 1.29 bits per heavy atom. The summed E-state index contributed by atoms with van der Waals surface area (Å²) in [6.45, 7) is 0.0776. The summed E-state index contributed by atoms with van der Waals surface area (Å²) in [6, 6.07) is 0. The summed E-state index contributed by atoms with van der Waals surface area (Å²) in [5, 5.41) is 0. The highest BCUT2D eigenvalue weighted by Crippen LogP contribution is 2.39. The number of hydrogen-bond donors (Lipinski definition) is 1. The molecule has 6 heteroatoms. The van der Waals surface area contributed by atoms with E-state index >= 15 is 0 Å². The van der Waals surface area contributed by atoms with Crippen molar-refractivity contribution >= 4 is 12.4 Å². The Labute approximate surface area is 79.4 Å². The van der Waals surface area contributed by atoms with Crippen molar-refractivity contribution in [3.8, 4) is 0 Å². The van der Waals surface area contributed by atoms with Gasteiger partial charge in [0, 0.05) is 25.7 Å². The van der Waals surface area contributed by atoms with Crippen molar-refractivity contribution in [3.05, 3.63) is 0 Å². The predicted octanol–water partition coefficient (Wildman–Crippen LogP) is 0.593. The fourth-order valence-corrected chi connectivity index (χ4v) is 1.53. The molecule has 0 spiro atoms. The minimum absolute atomic E-state index is 0.0776. The molecule has 0 unspecified atom stereocenters. The standard InChI is InChI=1S/C8H11F2NO3/c9-8(10)3-1-7(2-4-8,6(11)13)14-5-12/h5H,1-4H2,(H2,11,13). The van der Waals surface area contributed by atoms with E-state index in [2.05, 4.69) is 4.74 Å². The van der Waals surface area contributed by atoms with Crippen LogP contribution in [-0.2, 0) is 14.3 Å². The molecule has 0 heterocycles. The van der Waals surface area contributed by atoms with Crippen molar-refractivity contribution in [2.24, 2.45) is 5.73 Å². The topological polar surface area (TPSA) is 69.4 Å². The van der Waals surface area contributed by atoms with Crippen molar-refractivity contribution in [2.45, 2.75) is 37.2 Å². The lowest BCUT2D eigenvalue weighted by atomic mass is 9.82. The molecule has 1 fully saturated rings. The van der Waals surface area contributed by atoms with E-state index in [9.17, 15) is 18.4 Å². The highest BCUT2D eigenvalue weighted by atomic mass is 19.3. The molecule has 0 aromatic rings. The molecule has 14 heavy (non-hydrogen) atoms. The smallest absolute Gasteiger partial charge is 0.294 e. The largest absolute Gasteiger partial charge is 0.451 e. The van der Waals surface area contributed by atoms with Gasteiger partial charge in [-0.25, -0.2) is 8.78 Å². The van der Waals surface area contributed by atoms with Gasteiger partial charge in [-0.1, -0.05) is 0 Å². The van der Waals surface area contributed by atoms with Crippen LogP contribution in [0.3, 0.4) is 0 Å². The SMILES string of the molecule is NC(=O)C1(OC=O)CCC(F)(F)CC1. The minimum atomic E-state index is -2.79. The monoisotopic (exact) mass is 207 g/mol. The number of alkyl halides is 2. The van der Waals surface area contributed by atoms with Crippen LogP contribution in [0.4, 0.5) is 8.78 Å². The number of carbonyl (C=O) groups excluding carboxylic acids is 2. The van der Waals surface area contributed by atoms with E-state index in [1.165, 1.54) is 0 Å². The minimum Gasteiger partial charge on any atom is -0.451 e. The number of ether oxygens (including phenoxy) is 1. The highest BCUT2D eigenvalue weighted by molar-refractivity contribution is 5.84. The van der Waals surface area contributed by atoms with E-state index in [1.807, 2.05) is 0 Å². The summed E-state index contributed by atoms with van der Waals surface area (Å²) in [6.07, 6.45) is -1.39. The van der Waals surface area contributed by atoms with Gasteiger partial charge in [-0.15, -0.1) is 0 Å². The fraction of sp³-hybridized carbons (Fsp3) is 0.750. The molecule has 1 amide bonds. The van der Waals surface area contributed by atoms with Crippen LogP contribution in [0.15, 0.2) is 0 Å². The van der Waals surface area contributed by atoms with Gasteiger partial charge in [0.2, 0.25) is 5.92 Å². The van der Waals surface area contributed by atoms with Gasteiger partial charge in [0.05, 0.1) is 0 Å². The quantitative estimate of drug-likeness (QED) is 0.688. The Hall–Kier alpha value is -1.20. The second-order valence-corrected chi connectivity index (χ2v) is 3.43. The number of carbonyl (C=O) groups is 2. The number of nitrogens with two attached hydrogens (primary N) is 1. The first kappa shape index (κ1) is 10.9. The Balaban J connectivity index is 2.74. The first-order chi connectivity index (χ1) is 6.42. The average molecular weight is 207 g/mol. The first-order valence-electron chi connectivity index (χ1n) is 4.21. The molecule has 0 bridgehead atoms. The number of amides is 1. The van der Waals surface area contributed by atoms with E-state index in [1.54, 1.807) is 0 Å². The third-order valence-electron chi connectivity index (χ3n) is 2.51. The molecule has 1 aliphatic carbocycles. The van der Waals surface area contributed by atoms with Gasteiger partial charge in [-0.3, -0.25) is 9.59 Å². The Morgan fingerprint density at radius 2 is 1.79 bits per heavy atom. The Kier molecular flexibility index (Phi) is 2.73. The van der Waals surface area contributed by atoms with Gasteiger partial charge < -0.3 is 10.5 Å². The summed E-state index contributed by atoms with van der Waals surface area (Å²) in [5.74, 6) is -3.65. The molecule has 1 aliphatic rings. The highest BCUT2D eigenvalue weighted by Gasteiger charge is 2.48. The van der Waals surface area contributed by atoms with Gasteiger partial charge in [0.1, 0.15) is 0 Å². The van der Waals surface area contributed by atoms with E-state index in [0.717, 1.165) is 0 Å². The van der Waals surface area contributed by atoms with Crippen molar-refractivity contribution in [1.29, 1.82) is 0 Å². The molecule has 80 valence electrons. The van der Waals surface area contributed by atoms with E-state index in [4.69, 9.17) is 5.73 Å². The molecule has 2 N–H and O–H groups in total. The van der Waals surface area contributed by atoms with Crippen LogP contribution in [0.2, 0.25) is 0 Å². The van der Waals surface area contributed by atoms with Gasteiger partial charge in [-0.2, -0.15) is 0 Å². The van der Waals surface area contributed by atoms with Gasteiger partial charge in [-0.05, 0) is 0 Å². The van der Waals surface area contributed by atoms with Crippen LogP contribution in [0.5, 0.6) is 0 Å². The number of primary amides is 1. The van der Waals surface area contributed by atoms with Crippen molar-refractivity contribution in [2.75, 3.05) is 0 Å². The maximum atomic E-state index is 12.8. The fourth-order valence-electron chi connectivity index (χ4n) is 1.53. The molecule has 4 nitrogen and oxygen atoms in total. The second-order valence-electron chi connectivity index (χ2n) is 3.43. The number of hydrogen-bond acceptors (Lipinski definition) is 3. The first-order valence-corrected chi connectivity index (χ1v) is 4.21. The zero-order chi connectivity index (χ0) is 10.8. The van der Waals surface area contributed by atoms with Crippen LogP contribution in [0.1, 0.15) is 25.7 Å². The van der Waals surface area contributed by atoms with Crippen molar-refractivity contribution in [1.82, 2.24) is 0 Å². The molecule has 0 saturated heterocycles. The summed E-state index contributed by atoms with van der Waals surface area (Å²) in [5.41, 5.74) is 3.48. The van der Waals surface area contributed by atoms with Gasteiger partial charge in [0.15, 0.2) is 5.60 Å². The van der Waals surface area contributed by atoms with E-state index < -0.39 is 30.3 Å². The second kappa shape index (κ2) is 3.51. The molecule has 0 atom stereocenters. The third kappa shape index (κ3) is 2.00. The summed E-state index contributed by atoms with van der Waals surface area (Å²) in [4.78, 5) is 21.1. The Bertz CT molecular complexity index is 245. The van der Waals surface area contributed by atoms with Crippen LogP contribution in [-0.4, -0.2) is 23.9 Å². The van der Waals surface area contributed by atoms with Crippen LogP contribution in [0.25, 0.3) is 0 Å². The zero-order valence-electron chi connectivity index (χ0n) is 7.46. The maximum Gasteiger partial charge on any atom is 0.294 e. The van der Waals surface area contributed by atoms with Crippen molar-refractivity contribution < 1.29 is 23.1 Å². The summed E-state index contributed by atoms with van der Waals surface area (Å²) in [7, 11) is 0. The van der Waals surface area contributed by atoms with Crippen LogP contribution < -0.4 is 5.73 Å². The van der Waals surface area contributed by atoms with Gasteiger partial charge in [0.25, 0.3) is 12.4 Å². The average Bonchev–Trinajstić information content (AvgIpc) is 2.09. The molecule has 1 saturated carbocycles. The molecular formula is C8H11F2NO3. The van der Waals surface area contributed by atoms with Crippen molar-refractivity contribution in [3.63, 3.8) is 0 Å². The summed E-state index contributed by atoms with van der Waals surface area (Å²) >= 11 is 0. The van der Waals surface area contributed by atoms with Crippen LogP contribution in [0, 0.1) is 0 Å². The molecule has 1 rings (SSSR count). The zero-order valence-corrected chi connectivity index (χ0v) is 7.46. The number of rotatable bonds is 3. The Morgan fingerprint density at radius 3 is 2.14 bits per heavy atom. The lowest BCUT2D eigenvalue weighted by Gasteiger charge is -2.35. The summed E-state index contributed by atoms with van der Waals surface area (Å²) < 4.78 is 30.0. The van der Waals surface area contributed by atoms with Gasteiger partial charge >= 0.3 is 0 Å². The lowest BCUT2D eigenvalue weighted by Crippen LogP contribution is -2.50. The molecule has 0 radical (unpaired) electrons. The molecule has 0 aromatic carbocycles. The van der Waals surface area contributed by atoms with E-state index in [0.29, 0.717) is 0 Å². The normalized spacial score (nSPS) is 23.9. The molecule has 0 aliphatic heterocycles. The molecule has 0 aromatic heterocycles. The van der Waals surface area contributed by atoms with E-state index in [-0.39, 0.29) is 19.3 Å². The predicted molar refractivity (Wildman–Crippen MR) is 42.5 cm³/mol.